The van der Waals surface area contributed by atoms with E-state index in [1.54, 1.807) is 0 Å². The number of rotatable bonds is 3. The minimum absolute atomic E-state index is 0.0642. The molecule has 3 rings (SSSR count). The molecule has 0 saturated carbocycles. The molecule has 2 atom stereocenters. The van der Waals surface area contributed by atoms with E-state index < -0.39 is 0 Å². The van der Waals surface area contributed by atoms with E-state index in [0.29, 0.717) is 0 Å². The first-order chi connectivity index (χ1) is 8.88. The predicted octanol–water partition coefficient (Wildman–Crippen LogP) is 2.07. The Kier molecular flexibility index (Phi) is 3.56. The quantitative estimate of drug-likeness (QED) is 0.656. The molecule has 3 N–H and O–H groups in total. The van der Waals surface area contributed by atoms with Crippen LogP contribution >= 0.6 is 11.8 Å². The van der Waals surface area contributed by atoms with Crippen molar-refractivity contribution in [2.75, 3.05) is 18.1 Å². The first-order valence-corrected chi connectivity index (χ1v) is 7.18. The highest BCUT2D eigenvalue weighted by Gasteiger charge is 2.28. The number of thioether (sulfide) groups is 1. The highest BCUT2D eigenvalue weighted by molar-refractivity contribution is 7.99. The van der Waals surface area contributed by atoms with Crippen LogP contribution in [-0.4, -0.2) is 24.2 Å². The highest BCUT2D eigenvalue weighted by Crippen LogP contribution is 2.29. The van der Waals surface area contributed by atoms with Crippen LogP contribution in [0.3, 0.4) is 0 Å². The fourth-order valence-corrected chi connectivity index (χ4v) is 3.13. The van der Waals surface area contributed by atoms with Crippen LogP contribution in [0.4, 0.5) is 0 Å². The average molecular weight is 264 g/mol. The van der Waals surface area contributed by atoms with E-state index in [1.807, 2.05) is 42.1 Å². The van der Waals surface area contributed by atoms with Crippen molar-refractivity contribution in [1.29, 1.82) is 0 Å². The molecule has 0 spiro atoms. The van der Waals surface area contributed by atoms with Crippen LogP contribution in [0, 0.1) is 0 Å². The maximum absolute atomic E-state index is 5.84. The molecule has 0 radical (unpaired) electrons. The van der Waals surface area contributed by atoms with Crippen LogP contribution in [0.2, 0.25) is 0 Å². The van der Waals surface area contributed by atoms with Gasteiger partial charge in [-0.05, 0) is 12.1 Å². The third-order valence-electron chi connectivity index (χ3n) is 3.14. The van der Waals surface area contributed by atoms with Crippen molar-refractivity contribution in [3.05, 3.63) is 36.1 Å². The molecule has 1 aliphatic rings. The molecule has 2 aromatic rings. The van der Waals surface area contributed by atoms with Crippen LogP contribution in [0.25, 0.3) is 11.0 Å². The molecular formula is C13H16N2O2S. The second-order valence-corrected chi connectivity index (χ2v) is 5.46. The highest BCUT2D eigenvalue weighted by atomic mass is 32.2. The van der Waals surface area contributed by atoms with Crippen LogP contribution in [-0.2, 0) is 4.74 Å². The van der Waals surface area contributed by atoms with Crippen molar-refractivity contribution < 1.29 is 9.15 Å². The van der Waals surface area contributed by atoms with Gasteiger partial charge in [-0.1, -0.05) is 18.2 Å². The van der Waals surface area contributed by atoms with Gasteiger partial charge in [0.05, 0.1) is 12.7 Å². The monoisotopic (exact) mass is 264 g/mol. The normalized spacial score (nSPS) is 22.2. The summed E-state index contributed by atoms with van der Waals surface area (Å²) in [4.78, 5) is 0. The number of hydrogen-bond donors (Lipinski definition) is 2. The lowest BCUT2D eigenvalue weighted by Crippen LogP contribution is -2.41. The zero-order chi connectivity index (χ0) is 12.4. The Bertz CT molecular complexity index is 489. The molecule has 1 fully saturated rings. The van der Waals surface area contributed by atoms with Crippen LogP contribution in [0.1, 0.15) is 11.8 Å². The number of fused-ring (bicyclic) bond motifs is 1. The Labute approximate surface area is 110 Å². The van der Waals surface area contributed by atoms with Crippen molar-refractivity contribution in [2.24, 2.45) is 5.84 Å². The molecule has 2 unspecified atom stereocenters. The van der Waals surface area contributed by atoms with Gasteiger partial charge in [0.1, 0.15) is 17.4 Å². The van der Waals surface area contributed by atoms with Gasteiger partial charge in [-0.25, -0.2) is 5.43 Å². The largest absolute Gasteiger partial charge is 0.459 e. The summed E-state index contributed by atoms with van der Waals surface area (Å²) in [5.74, 6) is 8.48. The van der Waals surface area contributed by atoms with Crippen molar-refractivity contribution >= 4 is 22.7 Å². The van der Waals surface area contributed by atoms with Crippen molar-refractivity contribution in [3.63, 3.8) is 0 Å². The summed E-state index contributed by atoms with van der Waals surface area (Å²) >= 11 is 1.89. The van der Waals surface area contributed by atoms with Crippen LogP contribution < -0.4 is 11.3 Å². The van der Waals surface area contributed by atoms with Gasteiger partial charge in [0.2, 0.25) is 0 Å². The molecule has 0 bridgehead atoms. The first kappa shape index (κ1) is 12.0. The van der Waals surface area contributed by atoms with Crippen molar-refractivity contribution in [3.8, 4) is 0 Å². The van der Waals surface area contributed by atoms with Crippen molar-refractivity contribution in [1.82, 2.24) is 5.43 Å². The van der Waals surface area contributed by atoms with Gasteiger partial charge in [0, 0.05) is 16.9 Å². The molecule has 2 heterocycles. The Hall–Kier alpha value is -1.01. The van der Waals surface area contributed by atoms with E-state index >= 15 is 0 Å². The van der Waals surface area contributed by atoms with E-state index in [0.717, 1.165) is 34.8 Å². The summed E-state index contributed by atoms with van der Waals surface area (Å²) in [5.41, 5.74) is 3.70. The summed E-state index contributed by atoms with van der Waals surface area (Å²) in [6, 6.07) is 9.90. The summed E-state index contributed by atoms with van der Waals surface area (Å²) in [6.45, 7) is 0.772. The summed E-state index contributed by atoms with van der Waals surface area (Å²) in [7, 11) is 0. The Morgan fingerprint density at radius 2 is 2.28 bits per heavy atom. The second-order valence-electron chi connectivity index (χ2n) is 4.32. The summed E-state index contributed by atoms with van der Waals surface area (Å²) in [5, 5.41) is 1.09. The van der Waals surface area contributed by atoms with Gasteiger partial charge < -0.3 is 9.15 Å². The third-order valence-corrected chi connectivity index (χ3v) is 4.16. The maximum Gasteiger partial charge on any atom is 0.134 e. The smallest absolute Gasteiger partial charge is 0.134 e. The lowest BCUT2D eigenvalue weighted by Gasteiger charge is -2.28. The predicted molar refractivity (Wildman–Crippen MR) is 73.3 cm³/mol. The number of hydrogen-bond acceptors (Lipinski definition) is 5. The molecule has 0 amide bonds. The number of ether oxygens (including phenoxy) is 1. The van der Waals surface area contributed by atoms with Gasteiger partial charge in [-0.15, -0.1) is 0 Å². The lowest BCUT2D eigenvalue weighted by atomic mass is 10.1. The first-order valence-electron chi connectivity index (χ1n) is 6.02. The van der Waals surface area contributed by atoms with E-state index in [-0.39, 0.29) is 12.1 Å². The number of nitrogens with two attached hydrogens (primary N) is 1. The topological polar surface area (TPSA) is 60.4 Å². The number of benzene rings is 1. The average Bonchev–Trinajstić information content (AvgIpc) is 2.84. The molecule has 5 heteroatoms. The number of furan rings is 1. The van der Waals surface area contributed by atoms with E-state index in [1.165, 1.54) is 0 Å². The molecule has 18 heavy (non-hydrogen) atoms. The molecule has 0 aliphatic carbocycles. The fourth-order valence-electron chi connectivity index (χ4n) is 2.23. The minimum atomic E-state index is -0.0924. The molecule has 1 aliphatic heterocycles. The Balaban J connectivity index is 1.90. The summed E-state index contributed by atoms with van der Waals surface area (Å²) < 4.78 is 11.6. The molecule has 1 aromatic heterocycles. The van der Waals surface area contributed by atoms with E-state index in [2.05, 4.69) is 5.43 Å². The Morgan fingerprint density at radius 3 is 3.00 bits per heavy atom. The zero-order valence-corrected chi connectivity index (χ0v) is 10.8. The number of nitrogens with one attached hydrogen (secondary N) is 1. The van der Waals surface area contributed by atoms with E-state index in [9.17, 15) is 0 Å². The minimum Gasteiger partial charge on any atom is -0.459 e. The van der Waals surface area contributed by atoms with Crippen LogP contribution in [0.5, 0.6) is 0 Å². The van der Waals surface area contributed by atoms with Crippen molar-refractivity contribution in [2.45, 2.75) is 12.1 Å². The summed E-state index contributed by atoms with van der Waals surface area (Å²) in [6.07, 6.45) is 0.0642. The standard InChI is InChI=1S/C13H16N2O2S/c14-15-13(12-8-18-6-5-16-12)11-7-9-3-1-2-4-10(9)17-11/h1-4,7,12-13,15H,5-6,8,14H2. The molecule has 4 nitrogen and oxygen atoms in total. The van der Waals surface area contributed by atoms with E-state index in [4.69, 9.17) is 15.0 Å². The maximum atomic E-state index is 5.84. The van der Waals surface area contributed by atoms with Crippen LogP contribution in [0.15, 0.2) is 34.7 Å². The Morgan fingerprint density at radius 1 is 1.39 bits per heavy atom. The SMILES string of the molecule is NNC(c1cc2ccccc2o1)C1CSCCO1. The second kappa shape index (κ2) is 5.32. The fraction of sp³-hybridized carbons (Fsp3) is 0.385. The van der Waals surface area contributed by atoms with Gasteiger partial charge in [-0.3, -0.25) is 5.84 Å². The number of hydrazine groups is 1. The van der Waals surface area contributed by atoms with Gasteiger partial charge in [0.15, 0.2) is 0 Å². The third kappa shape index (κ3) is 2.27. The van der Waals surface area contributed by atoms with Gasteiger partial charge >= 0.3 is 0 Å². The lowest BCUT2D eigenvalue weighted by molar-refractivity contribution is 0.0414. The number of para-hydroxylation sites is 1. The molecule has 1 saturated heterocycles. The van der Waals surface area contributed by atoms with Gasteiger partial charge in [0.25, 0.3) is 0 Å². The molecule has 96 valence electrons. The molecule has 1 aromatic carbocycles. The molecular weight excluding hydrogens is 248 g/mol. The zero-order valence-electron chi connectivity index (χ0n) is 9.96. The van der Waals surface area contributed by atoms with Gasteiger partial charge in [-0.2, -0.15) is 11.8 Å².